The van der Waals surface area contributed by atoms with Gasteiger partial charge in [0.1, 0.15) is 0 Å². The van der Waals surface area contributed by atoms with Crippen molar-refractivity contribution in [3.05, 3.63) is 29.8 Å². The Labute approximate surface area is 105 Å². The minimum absolute atomic E-state index is 0.202. The van der Waals surface area contributed by atoms with Crippen LogP contribution in [-0.4, -0.2) is 24.7 Å². The van der Waals surface area contributed by atoms with Crippen molar-refractivity contribution >= 4 is 5.69 Å². The molecule has 0 radical (unpaired) electrons. The standard InChI is InChI=1S/C15H24N2/c1-5-13-8-6-7-9-14(13)17-11-15(3,4)16-10-12(17)2/h6-9,12,16H,5,10-11H2,1-4H3. The van der Waals surface area contributed by atoms with Gasteiger partial charge in [0.15, 0.2) is 0 Å². The Morgan fingerprint density at radius 1 is 1.35 bits per heavy atom. The molecule has 1 aliphatic rings. The molecule has 0 saturated carbocycles. The van der Waals surface area contributed by atoms with E-state index in [4.69, 9.17) is 0 Å². The average Bonchev–Trinajstić information content (AvgIpc) is 2.32. The zero-order chi connectivity index (χ0) is 12.5. The summed E-state index contributed by atoms with van der Waals surface area (Å²) in [6.07, 6.45) is 1.10. The molecule has 0 aromatic heterocycles. The molecule has 94 valence electrons. The highest BCUT2D eigenvalue weighted by Gasteiger charge is 2.30. The number of para-hydroxylation sites is 1. The van der Waals surface area contributed by atoms with Gasteiger partial charge in [-0.15, -0.1) is 0 Å². The monoisotopic (exact) mass is 232 g/mol. The van der Waals surface area contributed by atoms with E-state index in [1.54, 1.807) is 0 Å². The van der Waals surface area contributed by atoms with E-state index in [9.17, 15) is 0 Å². The van der Waals surface area contributed by atoms with Crippen molar-refractivity contribution in [2.45, 2.75) is 45.7 Å². The SMILES string of the molecule is CCc1ccccc1N1CC(C)(C)NCC1C. The molecule has 2 heteroatoms. The van der Waals surface area contributed by atoms with Crippen molar-refractivity contribution < 1.29 is 0 Å². The Hall–Kier alpha value is -1.02. The lowest BCUT2D eigenvalue weighted by Gasteiger charge is -2.45. The average molecular weight is 232 g/mol. The van der Waals surface area contributed by atoms with Crippen molar-refractivity contribution in [2.24, 2.45) is 0 Å². The van der Waals surface area contributed by atoms with Crippen molar-refractivity contribution in [3.63, 3.8) is 0 Å². The van der Waals surface area contributed by atoms with Crippen LogP contribution >= 0.6 is 0 Å². The maximum atomic E-state index is 3.60. The number of rotatable bonds is 2. The molecular formula is C15H24N2. The van der Waals surface area contributed by atoms with Crippen LogP contribution in [-0.2, 0) is 6.42 Å². The van der Waals surface area contributed by atoms with Crippen molar-refractivity contribution in [3.8, 4) is 0 Å². The number of nitrogens with zero attached hydrogens (tertiary/aromatic N) is 1. The summed E-state index contributed by atoms with van der Waals surface area (Å²) in [5, 5.41) is 3.60. The predicted octanol–water partition coefficient (Wildman–Crippen LogP) is 2.83. The van der Waals surface area contributed by atoms with Gasteiger partial charge >= 0.3 is 0 Å². The second kappa shape index (κ2) is 4.69. The second-order valence-electron chi connectivity index (χ2n) is 5.72. The van der Waals surface area contributed by atoms with Crippen LogP contribution in [0.1, 0.15) is 33.3 Å². The molecule has 17 heavy (non-hydrogen) atoms. The first-order chi connectivity index (χ1) is 8.03. The lowest BCUT2D eigenvalue weighted by atomic mass is 9.97. The summed E-state index contributed by atoms with van der Waals surface area (Å²) in [7, 11) is 0. The van der Waals surface area contributed by atoms with E-state index in [1.807, 2.05) is 0 Å². The largest absolute Gasteiger partial charge is 0.365 e. The van der Waals surface area contributed by atoms with Gasteiger partial charge in [0.05, 0.1) is 0 Å². The Morgan fingerprint density at radius 2 is 2.06 bits per heavy atom. The summed E-state index contributed by atoms with van der Waals surface area (Å²) < 4.78 is 0. The van der Waals surface area contributed by atoms with Gasteiger partial charge in [-0.05, 0) is 38.8 Å². The summed E-state index contributed by atoms with van der Waals surface area (Å²) >= 11 is 0. The number of benzene rings is 1. The molecule has 0 bridgehead atoms. The number of hydrogen-bond donors (Lipinski definition) is 1. The van der Waals surface area contributed by atoms with Crippen molar-refractivity contribution in [1.82, 2.24) is 5.32 Å². The van der Waals surface area contributed by atoms with Gasteiger partial charge in [-0.2, -0.15) is 0 Å². The molecular weight excluding hydrogens is 208 g/mol. The van der Waals surface area contributed by atoms with Crippen LogP contribution in [0.25, 0.3) is 0 Å². The molecule has 1 saturated heterocycles. The quantitative estimate of drug-likeness (QED) is 0.843. The third-order valence-electron chi connectivity index (χ3n) is 3.66. The zero-order valence-electron chi connectivity index (χ0n) is 11.5. The zero-order valence-corrected chi connectivity index (χ0v) is 11.5. The minimum Gasteiger partial charge on any atom is -0.365 e. The van der Waals surface area contributed by atoms with E-state index in [1.165, 1.54) is 11.3 Å². The third-order valence-corrected chi connectivity index (χ3v) is 3.66. The molecule has 1 heterocycles. The number of piperazine rings is 1. The topological polar surface area (TPSA) is 15.3 Å². The van der Waals surface area contributed by atoms with E-state index in [-0.39, 0.29) is 5.54 Å². The second-order valence-corrected chi connectivity index (χ2v) is 5.72. The Kier molecular flexibility index (Phi) is 3.43. The smallest absolute Gasteiger partial charge is 0.0402 e. The maximum Gasteiger partial charge on any atom is 0.0402 e. The highest BCUT2D eigenvalue weighted by atomic mass is 15.2. The van der Waals surface area contributed by atoms with Gasteiger partial charge in [0.2, 0.25) is 0 Å². The minimum atomic E-state index is 0.202. The lowest BCUT2D eigenvalue weighted by molar-refractivity contribution is 0.318. The molecule has 1 N–H and O–H groups in total. The Balaban J connectivity index is 2.30. The first-order valence-electron chi connectivity index (χ1n) is 6.63. The Morgan fingerprint density at radius 3 is 2.76 bits per heavy atom. The molecule has 1 atom stereocenters. The van der Waals surface area contributed by atoms with Crippen LogP contribution in [0.4, 0.5) is 5.69 Å². The summed E-state index contributed by atoms with van der Waals surface area (Å²) in [6.45, 7) is 11.2. The fraction of sp³-hybridized carbons (Fsp3) is 0.600. The summed E-state index contributed by atoms with van der Waals surface area (Å²) in [5.41, 5.74) is 3.07. The molecule has 2 rings (SSSR count). The number of hydrogen-bond acceptors (Lipinski definition) is 2. The van der Waals surface area contributed by atoms with E-state index < -0.39 is 0 Å². The number of nitrogens with one attached hydrogen (secondary N) is 1. The molecule has 2 nitrogen and oxygen atoms in total. The van der Waals surface area contributed by atoms with Crippen molar-refractivity contribution in [2.75, 3.05) is 18.0 Å². The van der Waals surface area contributed by atoms with Gasteiger partial charge < -0.3 is 10.2 Å². The predicted molar refractivity (Wildman–Crippen MR) is 74.7 cm³/mol. The summed E-state index contributed by atoms with van der Waals surface area (Å²) in [4.78, 5) is 2.55. The van der Waals surface area contributed by atoms with Crippen LogP contribution in [0, 0.1) is 0 Å². The van der Waals surface area contributed by atoms with Crippen LogP contribution < -0.4 is 10.2 Å². The maximum absolute atomic E-state index is 3.60. The molecule has 1 aromatic rings. The fourth-order valence-electron chi connectivity index (χ4n) is 2.58. The molecule has 0 spiro atoms. The van der Waals surface area contributed by atoms with E-state index in [2.05, 4.69) is 62.2 Å². The van der Waals surface area contributed by atoms with Gasteiger partial charge in [-0.25, -0.2) is 0 Å². The molecule has 1 unspecified atom stereocenters. The summed E-state index contributed by atoms with van der Waals surface area (Å²) in [6, 6.07) is 9.36. The number of anilines is 1. The van der Waals surface area contributed by atoms with Gasteiger partial charge in [-0.1, -0.05) is 25.1 Å². The van der Waals surface area contributed by atoms with Crippen LogP contribution in [0.3, 0.4) is 0 Å². The lowest BCUT2D eigenvalue weighted by Crippen LogP contribution is -2.61. The third kappa shape index (κ3) is 2.63. The van der Waals surface area contributed by atoms with E-state index >= 15 is 0 Å². The fourth-order valence-corrected chi connectivity index (χ4v) is 2.58. The molecule has 1 fully saturated rings. The van der Waals surface area contributed by atoms with Gasteiger partial charge in [0.25, 0.3) is 0 Å². The van der Waals surface area contributed by atoms with Crippen LogP contribution in [0.2, 0.25) is 0 Å². The normalized spacial score (nSPS) is 23.8. The summed E-state index contributed by atoms with van der Waals surface area (Å²) in [5.74, 6) is 0. The first-order valence-corrected chi connectivity index (χ1v) is 6.63. The molecule has 0 amide bonds. The molecule has 1 aromatic carbocycles. The van der Waals surface area contributed by atoms with E-state index in [0.717, 1.165) is 19.5 Å². The van der Waals surface area contributed by atoms with Crippen LogP contribution in [0.15, 0.2) is 24.3 Å². The molecule has 0 aliphatic carbocycles. The highest BCUT2D eigenvalue weighted by molar-refractivity contribution is 5.55. The van der Waals surface area contributed by atoms with Crippen LogP contribution in [0.5, 0.6) is 0 Å². The van der Waals surface area contributed by atoms with E-state index in [0.29, 0.717) is 6.04 Å². The highest BCUT2D eigenvalue weighted by Crippen LogP contribution is 2.27. The van der Waals surface area contributed by atoms with Gasteiger partial charge in [0, 0.05) is 30.4 Å². The number of aryl methyl sites for hydroxylation is 1. The Bertz CT molecular complexity index is 384. The molecule has 1 aliphatic heterocycles. The van der Waals surface area contributed by atoms with Crippen molar-refractivity contribution in [1.29, 1.82) is 0 Å². The van der Waals surface area contributed by atoms with Gasteiger partial charge in [-0.3, -0.25) is 0 Å². The first kappa shape index (κ1) is 12.4.